The minimum atomic E-state index is 0.795. The molecule has 0 N–H and O–H groups in total. The van der Waals surface area contributed by atoms with Crippen LogP contribution in [0.3, 0.4) is 0 Å². The Balaban J connectivity index is 1.61. The van der Waals surface area contributed by atoms with Gasteiger partial charge < -0.3 is 4.90 Å². The fourth-order valence-corrected chi connectivity index (χ4v) is 3.00. The molecule has 3 rings (SSSR count). The van der Waals surface area contributed by atoms with Crippen molar-refractivity contribution >= 4 is 5.69 Å². The summed E-state index contributed by atoms with van der Waals surface area (Å²) in [6.45, 7) is 7.15. The Bertz CT molecular complexity index is 679. The van der Waals surface area contributed by atoms with Crippen molar-refractivity contribution in [1.82, 2.24) is 4.90 Å². The SMILES string of the molecule is Cc1cccc(N2CCN(Cc3ccccc3C#N)CC2)c1. The van der Waals surface area contributed by atoms with Crippen LogP contribution in [-0.4, -0.2) is 31.1 Å². The van der Waals surface area contributed by atoms with Gasteiger partial charge in [-0.25, -0.2) is 0 Å². The molecule has 3 nitrogen and oxygen atoms in total. The molecule has 2 aromatic carbocycles. The molecule has 1 heterocycles. The van der Waals surface area contributed by atoms with E-state index in [1.165, 1.54) is 11.3 Å². The first-order valence-electron chi connectivity index (χ1n) is 7.78. The van der Waals surface area contributed by atoms with Crippen molar-refractivity contribution in [3.05, 3.63) is 65.2 Å². The van der Waals surface area contributed by atoms with Crippen molar-refractivity contribution < 1.29 is 0 Å². The molecule has 1 fully saturated rings. The lowest BCUT2D eigenvalue weighted by Crippen LogP contribution is -2.46. The second kappa shape index (κ2) is 6.64. The van der Waals surface area contributed by atoms with E-state index in [4.69, 9.17) is 0 Å². The van der Waals surface area contributed by atoms with Gasteiger partial charge in [0.1, 0.15) is 0 Å². The average Bonchev–Trinajstić information content (AvgIpc) is 2.56. The number of nitrogens with zero attached hydrogens (tertiary/aromatic N) is 3. The Labute approximate surface area is 132 Å². The summed E-state index contributed by atoms with van der Waals surface area (Å²) in [6, 6.07) is 18.9. The number of nitriles is 1. The van der Waals surface area contributed by atoms with Gasteiger partial charge >= 0.3 is 0 Å². The maximum Gasteiger partial charge on any atom is 0.0995 e. The van der Waals surface area contributed by atoms with E-state index < -0.39 is 0 Å². The minimum absolute atomic E-state index is 0.795. The van der Waals surface area contributed by atoms with Crippen molar-refractivity contribution in [2.24, 2.45) is 0 Å². The van der Waals surface area contributed by atoms with Gasteiger partial charge in [0.2, 0.25) is 0 Å². The fraction of sp³-hybridized carbons (Fsp3) is 0.316. The van der Waals surface area contributed by atoms with Crippen LogP contribution in [0, 0.1) is 18.3 Å². The summed E-state index contributed by atoms with van der Waals surface area (Å²) in [7, 11) is 0. The number of anilines is 1. The van der Waals surface area contributed by atoms with Gasteiger partial charge in [-0.05, 0) is 36.2 Å². The molecule has 0 bridgehead atoms. The summed E-state index contributed by atoms with van der Waals surface area (Å²) in [5.74, 6) is 0. The molecular formula is C19H21N3. The van der Waals surface area contributed by atoms with Gasteiger partial charge in [-0.15, -0.1) is 0 Å². The molecule has 112 valence electrons. The van der Waals surface area contributed by atoms with E-state index in [2.05, 4.69) is 53.1 Å². The summed E-state index contributed by atoms with van der Waals surface area (Å²) in [5, 5.41) is 9.19. The maximum absolute atomic E-state index is 9.19. The standard InChI is InChI=1S/C19H21N3/c1-16-5-4-8-19(13-16)22-11-9-21(10-12-22)15-18-7-3-2-6-17(18)14-20/h2-8,13H,9-12,15H2,1H3. The number of piperazine rings is 1. The Morgan fingerprint density at radius 1 is 1.00 bits per heavy atom. The fourth-order valence-electron chi connectivity index (χ4n) is 3.00. The van der Waals surface area contributed by atoms with Gasteiger partial charge in [0.15, 0.2) is 0 Å². The number of rotatable bonds is 3. The van der Waals surface area contributed by atoms with Crippen molar-refractivity contribution in [2.45, 2.75) is 13.5 Å². The summed E-state index contributed by atoms with van der Waals surface area (Å²) >= 11 is 0. The zero-order valence-corrected chi connectivity index (χ0v) is 13.0. The molecule has 1 saturated heterocycles. The number of benzene rings is 2. The number of hydrogen-bond donors (Lipinski definition) is 0. The zero-order valence-electron chi connectivity index (χ0n) is 13.0. The number of hydrogen-bond acceptors (Lipinski definition) is 3. The van der Waals surface area contributed by atoms with Crippen LogP contribution in [0.15, 0.2) is 48.5 Å². The summed E-state index contributed by atoms with van der Waals surface area (Å²) in [6.07, 6.45) is 0. The van der Waals surface area contributed by atoms with E-state index in [0.29, 0.717) is 0 Å². The van der Waals surface area contributed by atoms with E-state index in [9.17, 15) is 5.26 Å². The molecular weight excluding hydrogens is 270 g/mol. The van der Waals surface area contributed by atoms with Gasteiger partial charge in [-0.1, -0.05) is 30.3 Å². The first kappa shape index (κ1) is 14.6. The topological polar surface area (TPSA) is 30.3 Å². The second-order valence-corrected chi connectivity index (χ2v) is 5.87. The van der Waals surface area contributed by atoms with Crippen LogP contribution in [0.1, 0.15) is 16.7 Å². The molecule has 0 aliphatic carbocycles. The van der Waals surface area contributed by atoms with Crippen LogP contribution >= 0.6 is 0 Å². The van der Waals surface area contributed by atoms with Crippen LogP contribution in [0.5, 0.6) is 0 Å². The largest absolute Gasteiger partial charge is 0.369 e. The predicted octanol–water partition coefficient (Wildman–Crippen LogP) is 3.19. The van der Waals surface area contributed by atoms with Crippen LogP contribution in [0.25, 0.3) is 0 Å². The van der Waals surface area contributed by atoms with Crippen LogP contribution < -0.4 is 4.90 Å². The Morgan fingerprint density at radius 3 is 2.50 bits per heavy atom. The Kier molecular flexibility index (Phi) is 4.41. The lowest BCUT2D eigenvalue weighted by atomic mass is 10.1. The van der Waals surface area contributed by atoms with E-state index in [0.717, 1.165) is 43.9 Å². The highest BCUT2D eigenvalue weighted by Gasteiger charge is 2.18. The molecule has 3 heteroatoms. The van der Waals surface area contributed by atoms with Gasteiger partial charge in [0, 0.05) is 38.4 Å². The molecule has 1 aliphatic heterocycles. The van der Waals surface area contributed by atoms with Gasteiger partial charge in [0.05, 0.1) is 11.6 Å². The molecule has 0 spiro atoms. The van der Waals surface area contributed by atoms with Crippen molar-refractivity contribution in [3.8, 4) is 6.07 Å². The van der Waals surface area contributed by atoms with E-state index >= 15 is 0 Å². The second-order valence-electron chi connectivity index (χ2n) is 5.87. The third-order valence-corrected chi connectivity index (χ3v) is 4.27. The summed E-state index contributed by atoms with van der Waals surface area (Å²) in [4.78, 5) is 4.88. The minimum Gasteiger partial charge on any atom is -0.369 e. The highest BCUT2D eigenvalue weighted by Crippen LogP contribution is 2.19. The predicted molar refractivity (Wildman–Crippen MR) is 89.8 cm³/mol. The molecule has 0 radical (unpaired) electrons. The molecule has 1 aliphatic rings. The van der Waals surface area contributed by atoms with E-state index in [-0.39, 0.29) is 0 Å². The maximum atomic E-state index is 9.19. The third-order valence-electron chi connectivity index (χ3n) is 4.27. The van der Waals surface area contributed by atoms with Crippen LogP contribution in [0.4, 0.5) is 5.69 Å². The van der Waals surface area contributed by atoms with Crippen molar-refractivity contribution in [1.29, 1.82) is 5.26 Å². The molecule has 0 aromatic heterocycles. The first-order valence-corrected chi connectivity index (χ1v) is 7.78. The molecule has 0 atom stereocenters. The Hall–Kier alpha value is -2.31. The highest BCUT2D eigenvalue weighted by molar-refractivity contribution is 5.48. The molecule has 0 saturated carbocycles. The lowest BCUT2D eigenvalue weighted by Gasteiger charge is -2.36. The third kappa shape index (κ3) is 3.29. The van der Waals surface area contributed by atoms with Crippen molar-refractivity contribution in [2.75, 3.05) is 31.1 Å². The summed E-state index contributed by atoms with van der Waals surface area (Å²) in [5.41, 5.74) is 4.55. The number of aryl methyl sites for hydroxylation is 1. The van der Waals surface area contributed by atoms with Crippen LogP contribution in [-0.2, 0) is 6.54 Å². The van der Waals surface area contributed by atoms with E-state index in [1.54, 1.807) is 0 Å². The Morgan fingerprint density at radius 2 is 1.77 bits per heavy atom. The zero-order chi connectivity index (χ0) is 15.4. The monoisotopic (exact) mass is 291 g/mol. The first-order chi connectivity index (χ1) is 10.8. The van der Waals surface area contributed by atoms with E-state index in [1.807, 2.05) is 18.2 Å². The molecule has 22 heavy (non-hydrogen) atoms. The van der Waals surface area contributed by atoms with Crippen LogP contribution in [0.2, 0.25) is 0 Å². The lowest BCUT2D eigenvalue weighted by molar-refractivity contribution is 0.249. The van der Waals surface area contributed by atoms with Gasteiger partial charge in [0.25, 0.3) is 0 Å². The molecule has 2 aromatic rings. The highest BCUT2D eigenvalue weighted by atomic mass is 15.3. The van der Waals surface area contributed by atoms with Crippen molar-refractivity contribution in [3.63, 3.8) is 0 Å². The molecule has 0 unspecified atom stereocenters. The van der Waals surface area contributed by atoms with Gasteiger partial charge in [-0.3, -0.25) is 4.90 Å². The molecule has 0 amide bonds. The normalized spacial score (nSPS) is 15.5. The summed E-state index contributed by atoms with van der Waals surface area (Å²) < 4.78 is 0. The average molecular weight is 291 g/mol. The van der Waals surface area contributed by atoms with Gasteiger partial charge in [-0.2, -0.15) is 5.26 Å². The smallest absolute Gasteiger partial charge is 0.0995 e. The quantitative estimate of drug-likeness (QED) is 0.870.